The van der Waals surface area contributed by atoms with Crippen LogP contribution in [0.5, 0.6) is 0 Å². The summed E-state index contributed by atoms with van der Waals surface area (Å²) in [7, 11) is 0. The van der Waals surface area contributed by atoms with Crippen LogP contribution in [0.4, 0.5) is 11.4 Å². The van der Waals surface area contributed by atoms with Gasteiger partial charge in [-0.3, -0.25) is 0 Å². The maximum Gasteiger partial charge on any atom is 0.135 e. The zero-order chi connectivity index (χ0) is 23.6. The molecule has 0 atom stereocenters. The average molecular weight is 452 g/mol. The van der Waals surface area contributed by atoms with Crippen LogP contribution < -0.4 is 5.32 Å². The Labute approximate surface area is 204 Å². The first kappa shape index (κ1) is 20.1. The Morgan fingerprint density at radius 3 is 2.17 bits per heavy atom. The number of hydrogen-bond donors (Lipinski definition) is 1. The van der Waals surface area contributed by atoms with E-state index in [1.807, 2.05) is 12.1 Å². The van der Waals surface area contributed by atoms with E-state index < -0.39 is 0 Å². The highest BCUT2D eigenvalue weighted by atomic mass is 16.3. The van der Waals surface area contributed by atoms with Gasteiger partial charge in [0.15, 0.2) is 0 Å². The predicted octanol–water partition coefficient (Wildman–Crippen LogP) is 9.30. The molecule has 35 heavy (non-hydrogen) atoms. The molecule has 0 bridgehead atoms. The first-order valence-corrected chi connectivity index (χ1v) is 12.1. The van der Waals surface area contributed by atoms with Gasteiger partial charge in [0.25, 0.3) is 0 Å². The van der Waals surface area contributed by atoms with Gasteiger partial charge in [0, 0.05) is 27.6 Å². The van der Waals surface area contributed by atoms with Crippen LogP contribution in [-0.2, 0) is 5.41 Å². The second-order valence-corrected chi connectivity index (χ2v) is 9.95. The van der Waals surface area contributed by atoms with Crippen molar-refractivity contribution in [3.8, 4) is 22.3 Å². The molecule has 168 valence electrons. The molecule has 1 aliphatic rings. The Morgan fingerprint density at radius 2 is 1.29 bits per heavy atom. The molecule has 0 spiro atoms. The zero-order valence-corrected chi connectivity index (χ0v) is 19.8. The van der Waals surface area contributed by atoms with Crippen LogP contribution in [0.3, 0.4) is 0 Å². The minimum atomic E-state index is -0.0533. The third-order valence-electron chi connectivity index (χ3n) is 7.45. The van der Waals surface area contributed by atoms with Crippen molar-refractivity contribution < 1.29 is 4.42 Å². The number of anilines is 2. The van der Waals surface area contributed by atoms with Crippen molar-refractivity contribution >= 4 is 33.3 Å². The topological polar surface area (TPSA) is 25.2 Å². The third kappa shape index (κ3) is 3.10. The van der Waals surface area contributed by atoms with Gasteiger partial charge in [0.1, 0.15) is 11.2 Å². The summed E-state index contributed by atoms with van der Waals surface area (Å²) in [4.78, 5) is 0. The largest absolute Gasteiger partial charge is 0.456 e. The fraction of sp³-hybridized carbons (Fsp3) is 0.0909. The Hall–Kier alpha value is -4.30. The molecule has 5 aromatic carbocycles. The van der Waals surface area contributed by atoms with Crippen molar-refractivity contribution in [1.82, 2.24) is 0 Å². The molecule has 1 aliphatic carbocycles. The monoisotopic (exact) mass is 451 g/mol. The van der Waals surface area contributed by atoms with Crippen LogP contribution in [0.15, 0.2) is 114 Å². The van der Waals surface area contributed by atoms with Crippen LogP contribution in [-0.4, -0.2) is 0 Å². The SMILES string of the molecule is CC1(C)c2ccc(-c3ccccc3)cc2-c2ccc(Nc3ccc4oc5ccccc5c4c3)cc21. The lowest BCUT2D eigenvalue weighted by Gasteiger charge is -2.22. The summed E-state index contributed by atoms with van der Waals surface area (Å²) in [6.07, 6.45) is 0. The molecule has 1 heterocycles. The quantitative estimate of drug-likeness (QED) is 0.290. The standard InChI is InChI=1S/C33H25NO/c1-33(2)29-16-12-22(21-8-4-3-5-9-21)18-27(29)25-15-13-24(20-30(25)33)34-23-14-17-32-28(19-23)26-10-6-7-11-31(26)35-32/h3-20,34H,1-2H3. The summed E-state index contributed by atoms with van der Waals surface area (Å²) in [5.41, 5.74) is 11.9. The molecule has 2 nitrogen and oxygen atoms in total. The van der Waals surface area contributed by atoms with E-state index in [1.54, 1.807) is 0 Å². The molecule has 0 saturated carbocycles. The lowest BCUT2D eigenvalue weighted by Crippen LogP contribution is -2.15. The van der Waals surface area contributed by atoms with Crippen LogP contribution in [0.25, 0.3) is 44.2 Å². The van der Waals surface area contributed by atoms with Crippen molar-refractivity contribution in [1.29, 1.82) is 0 Å². The van der Waals surface area contributed by atoms with Gasteiger partial charge in [0.2, 0.25) is 0 Å². The van der Waals surface area contributed by atoms with Gasteiger partial charge in [-0.1, -0.05) is 80.6 Å². The lowest BCUT2D eigenvalue weighted by atomic mass is 9.82. The lowest BCUT2D eigenvalue weighted by molar-refractivity contribution is 0.660. The summed E-state index contributed by atoms with van der Waals surface area (Å²) in [6.45, 7) is 4.65. The highest BCUT2D eigenvalue weighted by Crippen LogP contribution is 2.50. The van der Waals surface area contributed by atoms with Gasteiger partial charge in [-0.15, -0.1) is 0 Å². The summed E-state index contributed by atoms with van der Waals surface area (Å²) >= 11 is 0. The maximum absolute atomic E-state index is 6.00. The Balaban J connectivity index is 1.27. The van der Waals surface area contributed by atoms with E-state index in [0.29, 0.717) is 0 Å². The van der Waals surface area contributed by atoms with Crippen molar-refractivity contribution in [2.75, 3.05) is 5.32 Å². The average Bonchev–Trinajstić information content (AvgIpc) is 3.37. The van der Waals surface area contributed by atoms with E-state index in [-0.39, 0.29) is 5.41 Å². The summed E-state index contributed by atoms with van der Waals surface area (Å²) < 4.78 is 6.00. The van der Waals surface area contributed by atoms with Crippen molar-refractivity contribution in [2.24, 2.45) is 0 Å². The molecule has 7 rings (SSSR count). The molecular weight excluding hydrogens is 426 g/mol. The fourth-order valence-electron chi connectivity index (χ4n) is 5.61. The predicted molar refractivity (Wildman–Crippen MR) is 146 cm³/mol. The highest BCUT2D eigenvalue weighted by Gasteiger charge is 2.35. The second kappa shape index (κ2) is 7.35. The van der Waals surface area contributed by atoms with Crippen molar-refractivity contribution in [3.63, 3.8) is 0 Å². The van der Waals surface area contributed by atoms with Gasteiger partial charge < -0.3 is 9.73 Å². The number of nitrogens with one attached hydrogen (secondary N) is 1. The summed E-state index contributed by atoms with van der Waals surface area (Å²) in [5, 5.41) is 5.92. The van der Waals surface area contributed by atoms with Crippen molar-refractivity contribution in [3.05, 3.63) is 120 Å². The third-order valence-corrected chi connectivity index (χ3v) is 7.45. The fourth-order valence-corrected chi connectivity index (χ4v) is 5.61. The molecule has 0 unspecified atom stereocenters. The molecule has 0 fully saturated rings. The van der Waals surface area contributed by atoms with E-state index in [2.05, 4.69) is 116 Å². The minimum absolute atomic E-state index is 0.0533. The second-order valence-electron chi connectivity index (χ2n) is 9.95. The number of rotatable bonds is 3. The van der Waals surface area contributed by atoms with Crippen LogP contribution in [0.1, 0.15) is 25.0 Å². The molecular formula is C33H25NO. The van der Waals surface area contributed by atoms with Gasteiger partial charge >= 0.3 is 0 Å². The maximum atomic E-state index is 6.00. The molecule has 0 radical (unpaired) electrons. The van der Waals surface area contributed by atoms with Gasteiger partial charge in [-0.25, -0.2) is 0 Å². The van der Waals surface area contributed by atoms with Gasteiger partial charge in [-0.05, 0) is 75.8 Å². The Morgan fingerprint density at radius 1 is 0.543 bits per heavy atom. The highest BCUT2D eigenvalue weighted by molar-refractivity contribution is 6.06. The summed E-state index contributed by atoms with van der Waals surface area (Å²) in [6, 6.07) is 38.8. The van der Waals surface area contributed by atoms with Crippen molar-refractivity contribution in [2.45, 2.75) is 19.3 Å². The first-order chi connectivity index (χ1) is 17.1. The zero-order valence-electron chi connectivity index (χ0n) is 19.8. The number of fused-ring (bicyclic) bond motifs is 6. The van der Waals surface area contributed by atoms with E-state index in [1.165, 1.54) is 33.4 Å². The molecule has 2 heteroatoms. The molecule has 0 amide bonds. The molecule has 6 aromatic rings. The number of para-hydroxylation sites is 1. The number of benzene rings is 5. The molecule has 0 saturated heterocycles. The smallest absolute Gasteiger partial charge is 0.135 e. The van der Waals surface area contributed by atoms with E-state index in [0.717, 1.165) is 33.3 Å². The van der Waals surface area contributed by atoms with Gasteiger partial charge in [0.05, 0.1) is 0 Å². The van der Waals surface area contributed by atoms with E-state index in [4.69, 9.17) is 4.42 Å². The first-order valence-electron chi connectivity index (χ1n) is 12.1. The molecule has 1 N–H and O–H groups in total. The van der Waals surface area contributed by atoms with E-state index >= 15 is 0 Å². The number of hydrogen-bond acceptors (Lipinski definition) is 2. The van der Waals surface area contributed by atoms with Gasteiger partial charge in [-0.2, -0.15) is 0 Å². The van der Waals surface area contributed by atoms with Crippen LogP contribution in [0.2, 0.25) is 0 Å². The molecule has 1 aromatic heterocycles. The van der Waals surface area contributed by atoms with E-state index in [9.17, 15) is 0 Å². The van der Waals surface area contributed by atoms with Crippen LogP contribution >= 0.6 is 0 Å². The Bertz CT molecular complexity index is 1740. The summed E-state index contributed by atoms with van der Waals surface area (Å²) in [5.74, 6) is 0. The minimum Gasteiger partial charge on any atom is -0.456 e. The number of furan rings is 1. The molecule has 0 aliphatic heterocycles. The van der Waals surface area contributed by atoms with Crippen LogP contribution in [0, 0.1) is 0 Å². The Kier molecular flexibility index (Phi) is 4.22. The normalized spacial score (nSPS) is 13.7.